The van der Waals surface area contributed by atoms with E-state index in [2.05, 4.69) is 0 Å². The Morgan fingerprint density at radius 2 is 2.00 bits per heavy atom. The zero-order chi connectivity index (χ0) is 15.1. The van der Waals surface area contributed by atoms with Crippen LogP contribution in [0.15, 0.2) is 12.1 Å². The molecule has 1 aromatic carbocycles. The van der Waals surface area contributed by atoms with Crippen molar-refractivity contribution in [3.8, 4) is 11.5 Å². The molecule has 1 atom stereocenters. The summed E-state index contributed by atoms with van der Waals surface area (Å²) in [7, 11) is 0. The number of ether oxygens (including phenoxy) is 2. The number of hydrogen-bond donors (Lipinski definition) is 1. The van der Waals surface area contributed by atoms with Crippen LogP contribution in [0.3, 0.4) is 0 Å². The molecule has 0 heterocycles. The summed E-state index contributed by atoms with van der Waals surface area (Å²) in [5, 5.41) is 21.1. The van der Waals surface area contributed by atoms with Gasteiger partial charge in [0, 0.05) is 6.07 Å². The van der Waals surface area contributed by atoms with Gasteiger partial charge in [0.05, 0.1) is 24.2 Å². The smallest absolute Gasteiger partial charge is 0.315 e. The van der Waals surface area contributed by atoms with E-state index in [1.54, 1.807) is 19.9 Å². The molecule has 0 radical (unpaired) electrons. The monoisotopic (exact) mass is 283 g/mol. The average molecular weight is 283 g/mol. The van der Waals surface area contributed by atoms with Gasteiger partial charge in [-0.05, 0) is 31.4 Å². The van der Waals surface area contributed by atoms with E-state index in [0.717, 1.165) is 6.42 Å². The van der Waals surface area contributed by atoms with Gasteiger partial charge in [-0.3, -0.25) is 10.1 Å². The number of nitrogens with zero attached hydrogens (tertiary/aromatic N) is 1. The van der Waals surface area contributed by atoms with Crippen LogP contribution in [-0.4, -0.2) is 23.2 Å². The molecule has 0 aliphatic rings. The van der Waals surface area contributed by atoms with Crippen LogP contribution in [0.2, 0.25) is 0 Å². The molecule has 112 valence electrons. The fraction of sp³-hybridized carbons (Fsp3) is 0.571. The van der Waals surface area contributed by atoms with Crippen LogP contribution in [0.5, 0.6) is 11.5 Å². The number of hydrogen-bond acceptors (Lipinski definition) is 5. The molecule has 0 bridgehead atoms. The standard InChI is InChI=1S/C14H21NO5/c1-4-7-20-14-11(15(17)18)8-10(12(16)5-2)9-13(14)19-6-3/h8-9,12,16H,4-7H2,1-3H3. The van der Waals surface area contributed by atoms with Gasteiger partial charge in [0.25, 0.3) is 0 Å². The number of nitro benzene ring substituents is 1. The van der Waals surface area contributed by atoms with Crippen molar-refractivity contribution in [2.45, 2.75) is 39.7 Å². The second-order valence-corrected chi connectivity index (χ2v) is 4.33. The van der Waals surface area contributed by atoms with Crippen molar-refractivity contribution >= 4 is 5.69 Å². The van der Waals surface area contributed by atoms with E-state index < -0.39 is 11.0 Å². The number of benzene rings is 1. The fourth-order valence-electron chi connectivity index (χ4n) is 1.78. The van der Waals surface area contributed by atoms with Crippen LogP contribution in [0.4, 0.5) is 5.69 Å². The predicted octanol–water partition coefficient (Wildman–Crippen LogP) is 3.23. The highest BCUT2D eigenvalue weighted by Gasteiger charge is 2.24. The van der Waals surface area contributed by atoms with Gasteiger partial charge in [0.1, 0.15) is 0 Å². The van der Waals surface area contributed by atoms with E-state index in [1.165, 1.54) is 6.07 Å². The molecule has 0 aliphatic heterocycles. The van der Waals surface area contributed by atoms with Crippen LogP contribution in [0.1, 0.15) is 45.3 Å². The highest BCUT2D eigenvalue weighted by atomic mass is 16.6. The maximum absolute atomic E-state index is 11.2. The lowest BCUT2D eigenvalue weighted by molar-refractivity contribution is -0.386. The van der Waals surface area contributed by atoms with E-state index in [4.69, 9.17) is 9.47 Å². The third kappa shape index (κ3) is 3.84. The Hall–Kier alpha value is -1.82. The summed E-state index contributed by atoms with van der Waals surface area (Å²) in [6.07, 6.45) is 0.452. The van der Waals surface area contributed by atoms with Crippen LogP contribution in [0, 0.1) is 10.1 Å². The molecule has 0 aliphatic carbocycles. The molecular formula is C14H21NO5. The summed E-state index contributed by atoms with van der Waals surface area (Å²) >= 11 is 0. The van der Waals surface area contributed by atoms with Crippen molar-refractivity contribution in [1.29, 1.82) is 0 Å². The van der Waals surface area contributed by atoms with Gasteiger partial charge >= 0.3 is 5.69 Å². The van der Waals surface area contributed by atoms with Crippen LogP contribution >= 0.6 is 0 Å². The van der Waals surface area contributed by atoms with Gasteiger partial charge in [0.2, 0.25) is 5.75 Å². The van der Waals surface area contributed by atoms with E-state index in [9.17, 15) is 15.2 Å². The molecular weight excluding hydrogens is 262 g/mol. The molecule has 6 nitrogen and oxygen atoms in total. The average Bonchev–Trinajstić information content (AvgIpc) is 2.44. The van der Waals surface area contributed by atoms with Gasteiger partial charge in [-0.1, -0.05) is 13.8 Å². The summed E-state index contributed by atoms with van der Waals surface area (Å²) in [6, 6.07) is 2.96. The summed E-state index contributed by atoms with van der Waals surface area (Å²) in [6.45, 7) is 6.25. The number of aliphatic hydroxyl groups is 1. The minimum atomic E-state index is -0.756. The van der Waals surface area contributed by atoms with E-state index in [0.29, 0.717) is 30.9 Å². The molecule has 0 spiro atoms. The molecule has 0 saturated heterocycles. The first-order valence-electron chi connectivity index (χ1n) is 6.81. The highest BCUT2D eigenvalue weighted by molar-refractivity contribution is 5.58. The Kier molecular flexibility index (Phi) is 6.24. The summed E-state index contributed by atoms with van der Waals surface area (Å²) in [5.41, 5.74) is 0.290. The fourth-order valence-corrected chi connectivity index (χ4v) is 1.78. The molecule has 0 saturated carbocycles. The lowest BCUT2D eigenvalue weighted by atomic mass is 10.1. The molecule has 1 unspecified atom stereocenters. The van der Waals surface area contributed by atoms with Crippen molar-refractivity contribution in [1.82, 2.24) is 0 Å². The first-order chi connectivity index (χ1) is 9.54. The van der Waals surface area contributed by atoms with E-state index in [-0.39, 0.29) is 11.4 Å². The maximum atomic E-state index is 11.2. The Labute approximate surface area is 118 Å². The molecule has 0 amide bonds. The zero-order valence-electron chi connectivity index (χ0n) is 12.1. The van der Waals surface area contributed by atoms with Crippen molar-refractivity contribution in [3.05, 3.63) is 27.8 Å². The lowest BCUT2D eigenvalue weighted by Crippen LogP contribution is -2.06. The highest BCUT2D eigenvalue weighted by Crippen LogP contribution is 2.40. The largest absolute Gasteiger partial charge is 0.490 e. The maximum Gasteiger partial charge on any atom is 0.315 e. The van der Waals surface area contributed by atoms with Crippen LogP contribution < -0.4 is 9.47 Å². The van der Waals surface area contributed by atoms with Crippen molar-refractivity contribution in [2.75, 3.05) is 13.2 Å². The molecule has 0 aromatic heterocycles. The number of rotatable bonds is 8. The second kappa shape index (κ2) is 7.69. The third-order valence-electron chi connectivity index (χ3n) is 2.78. The number of aliphatic hydroxyl groups excluding tert-OH is 1. The minimum absolute atomic E-state index is 0.130. The predicted molar refractivity (Wildman–Crippen MR) is 75.3 cm³/mol. The quantitative estimate of drug-likeness (QED) is 0.585. The van der Waals surface area contributed by atoms with Crippen molar-refractivity contribution in [2.24, 2.45) is 0 Å². The Morgan fingerprint density at radius 3 is 2.50 bits per heavy atom. The molecule has 1 aromatic rings. The first kappa shape index (κ1) is 16.2. The SMILES string of the molecule is CCCOc1c(OCC)cc(C(O)CC)cc1[N+](=O)[O-]. The Morgan fingerprint density at radius 1 is 1.30 bits per heavy atom. The minimum Gasteiger partial charge on any atom is -0.490 e. The summed E-state index contributed by atoms with van der Waals surface area (Å²) in [4.78, 5) is 10.7. The summed E-state index contributed by atoms with van der Waals surface area (Å²) in [5.74, 6) is 0.434. The van der Waals surface area contributed by atoms with Gasteiger partial charge in [-0.15, -0.1) is 0 Å². The zero-order valence-corrected chi connectivity index (χ0v) is 12.1. The molecule has 1 N–H and O–H groups in total. The first-order valence-corrected chi connectivity index (χ1v) is 6.81. The van der Waals surface area contributed by atoms with Gasteiger partial charge in [-0.2, -0.15) is 0 Å². The van der Waals surface area contributed by atoms with Gasteiger partial charge in [0.15, 0.2) is 5.75 Å². The van der Waals surface area contributed by atoms with E-state index >= 15 is 0 Å². The normalized spacial score (nSPS) is 12.0. The summed E-state index contributed by atoms with van der Waals surface area (Å²) < 4.78 is 10.9. The van der Waals surface area contributed by atoms with Gasteiger partial charge < -0.3 is 14.6 Å². The second-order valence-electron chi connectivity index (χ2n) is 4.33. The molecule has 6 heteroatoms. The van der Waals surface area contributed by atoms with Crippen molar-refractivity contribution < 1.29 is 19.5 Å². The van der Waals surface area contributed by atoms with Gasteiger partial charge in [-0.25, -0.2) is 0 Å². The molecule has 0 fully saturated rings. The molecule has 1 rings (SSSR count). The van der Waals surface area contributed by atoms with E-state index in [1.807, 2.05) is 6.92 Å². The van der Waals surface area contributed by atoms with Crippen molar-refractivity contribution in [3.63, 3.8) is 0 Å². The Bertz CT molecular complexity index is 461. The number of nitro groups is 1. The Balaban J connectivity index is 3.33. The molecule has 20 heavy (non-hydrogen) atoms. The lowest BCUT2D eigenvalue weighted by Gasteiger charge is -2.15. The topological polar surface area (TPSA) is 81.8 Å². The third-order valence-corrected chi connectivity index (χ3v) is 2.78. The van der Waals surface area contributed by atoms with Crippen LogP contribution in [-0.2, 0) is 0 Å². The van der Waals surface area contributed by atoms with Crippen LogP contribution in [0.25, 0.3) is 0 Å².